The molecule has 1 fully saturated rings. The van der Waals surface area contributed by atoms with E-state index in [2.05, 4.69) is 19.9 Å². The van der Waals surface area contributed by atoms with Crippen molar-refractivity contribution in [3.63, 3.8) is 0 Å². The van der Waals surface area contributed by atoms with Crippen LogP contribution >= 0.6 is 11.3 Å². The number of nitrogens with zero attached hydrogens (tertiary/aromatic N) is 5. The highest BCUT2D eigenvalue weighted by Gasteiger charge is 2.34. The van der Waals surface area contributed by atoms with Crippen LogP contribution in [0.25, 0.3) is 4.96 Å². The Bertz CT molecular complexity index is 1030. The molecule has 2 N–H and O–H groups in total. The number of hydrogen-bond acceptors (Lipinski definition) is 7. The Morgan fingerprint density at radius 2 is 1.81 bits per heavy atom. The summed E-state index contributed by atoms with van der Waals surface area (Å²) in [7, 11) is 0. The maximum absolute atomic E-state index is 13.1. The summed E-state index contributed by atoms with van der Waals surface area (Å²) in [5.74, 6) is 0.590. The van der Waals surface area contributed by atoms with E-state index in [1.807, 2.05) is 6.92 Å². The second kappa shape index (κ2) is 8.73. The topological polar surface area (TPSA) is 77.1 Å². The first-order valence-electron chi connectivity index (χ1n) is 10.1. The van der Waals surface area contributed by atoms with E-state index in [4.69, 9.17) is 0 Å². The molecule has 0 spiro atoms. The van der Waals surface area contributed by atoms with E-state index >= 15 is 0 Å². The van der Waals surface area contributed by atoms with Gasteiger partial charge in [-0.2, -0.15) is 17.7 Å². The van der Waals surface area contributed by atoms with Crippen molar-refractivity contribution in [1.29, 1.82) is 0 Å². The van der Waals surface area contributed by atoms with Gasteiger partial charge in [-0.25, -0.2) is 4.98 Å². The number of aliphatic hydroxyl groups is 1. The summed E-state index contributed by atoms with van der Waals surface area (Å²) in [5, 5.41) is 24.4. The van der Waals surface area contributed by atoms with Crippen molar-refractivity contribution in [2.75, 3.05) is 39.3 Å². The number of thiazole rings is 1. The van der Waals surface area contributed by atoms with Gasteiger partial charge in [0.25, 0.3) is 0 Å². The van der Waals surface area contributed by atoms with Crippen LogP contribution in [0.4, 0.5) is 13.2 Å². The highest BCUT2D eigenvalue weighted by atomic mass is 32.1. The molecule has 1 aromatic carbocycles. The van der Waals surface area contributed by atoms with Gasteiger partial charge in [-0.05, 0) is 17.7 Å². The smallest absolute Gasteiger partial charge is 0.416 e. The van der Waals surface area contributed by atoms with Crippen LogP contribution < -0.4 is 0 Å². The lowest BCUT2D eigenvalue weighted by Gasteiger charge is -2.39. The molecule has 4 rings (SSSR count). The molecule has 11 heteroatoms. The number of fused-ring (bicyclic) bond motifs is 1. The molecule has 0 saturated carbocycles. The Labute approximate surface area is 181 Å². The number of aromatic nitrogens is 3. The summed E-state index contributed by atoms with van der Waals surface area (Å²) in [6.07, 6.45) is -3.77. The number of halogens is 3. The lowest BCUT2D eigenvalue weighted by molar-refractivity contribution is -0.137. The fourth-order valence-electron chi connectivity index (χ4n) is 3.89. The molecule has 0 amide bonds. The van der Waals surface area contributed by atoms with E-state index < -0.39 is 17.8 Å². The van der Waals surface area contributed by atoms with E-state index in [0.717, 1.165) is 25.2 Å². The molecule has 31 heavy (non-hydrogen) atoms. The second-order valence-electron chi connectivity index (χ2n) is 7.49. The summed E-state index contributed by atoms with van der Waals surface area (Å²) in [6.45, 7) is 5.34. The Kier molecular flexibility index (Phi) is 6.20. The zero-order valence-corrected chi connectivity index (χ0v) is 17.8. The number of rotatable bonds is 6. The van der Waals surface area contributed by atoms with E-state index in [9.17, 15) is 23.4 Å². The van der Waals surface area contributed by atoms with E-state index in [-0.39, 0.29) is 12.5 Å². The van der Waals surface area contributed by atoms with Gasteiger partial charge in [0, 0.05) is 39.1 Å². The van der Waals surface area contributed by atoms with Gasteiger partial charge < -0.3 is 10.2 Å². The minimum Gasteiger partial charge on any atom is -0.492 e. The zero-order valence-electron chi connectivity index (χ0n) is 17.0. The fourth-order valence-corrected chi connectivity index (χ4v) is 5.02. The van der Waals surface area contributed by atoms with Crippen LogP contribution in [0.2, 0.25) is 0 Å². The quantitative estimate of drug-likeness (QED) is 0.595. The fraction of sp³-hybridized carbons (Fsp3) is 0.500. The maximum atomic E-state index is 13.1. The van der Waals surface area contributed by atoms with E-state index in [1.165, 1.54) is 28.0 Å². The van der Waals surface area contributed by atoms with Crippen molar-refractivity contribution in [2.24, 2.45) is 0 Å². The average molecular weight is 456 g/mol. The number of piperazine rings is 1. The molecule has 0 aliphatic carbocycles. The molecule has 1 aliphatic rings. The summed E-state index contributed by atoms with van der Waals surface area (Å²) < 4.78 is 40.6. The summed E-state index contributed by atoms with van der Waals surface area (Å²) >= 11 is 1.30. The lowest BCUT2D eigenvalue weighted by Crippen LogP contribution is -2.48. The molecular weight excluding hydrogens is 431 g/mol. The number of hydrogen-bond donors (Lipinski definition) is 2. The molecule has 2 aromatic heterocycles. The van der Waals surface area contributed by atoms with Gasteiger partial charge in [0.1, 0.15) is 0 Å². The molecule has 7 nitrogen and oxygen atoms in total. The number of aromatic hydroxyl groups is 1. The minimum absolute atomic E-state index is 0.0325. The molecular formula is C20H24F3N5O2S. The van der Waals surface area contributed by atoms with Gasteiger partial charge in [-0.15, -0.1) is 5.10 Å². The van der Waals surface area contributed by atoms with Crippen LogP contribution in [-0.2, 0) is 12.6 Å². The Morgan fingerprint density at radius 1 is 1.13 bits per heavy atom. The monoisotopic (exact) mass is 455 g/mol. The first-order valence-corrected chi connectivity index (χ1v) is 10.9. The third-order valence-corrected chi connectivity index (χ3v) is 6.62. The Morgan fingerprint density at radius 3 is 2.35 bits per heavy atom. The number of aliphatic hydroxyl groups excluding tert-OH is 1. The first kappa shape index (κ1) is 22.0. The van der Waals surface area contributed by atoms with Crippen LogP contribution in [-0.4, -0.2) is 73.9 Å². The number of alkyl halides is 3. The Balaban J connectivity index is 1.71. The molecule has 1 aliphatic heterocycles. The van der Waals surface area contributed by atoms with Crippen molar-refractivity contribution >= 4 is 16.3 Å². The van der Waals surface area contributed by atoms with Gasteiger partial charge in [0.2, 0.25) is 10.8 Å². The Hall–Kier alpha value is -2.21. The summed E-state index contributed by atoms with van der Waals surface area (Å²) in [4.78, 5) is 9.86. The second-order valence-corrected chi connectivity index (χ2v) is 8.50. The minimum atomic E-state index is -4.41. The van der Waals surface area contributed by atoms with Gasteiger partial charge in [-0.1, -0.05) is 30.4 Å². The molecule has 0 unspecified atom stereocenters. The van der Waals surface area contributed by atoms with Gasteiger partial charge in [-0.3, -0.25) is 9.80 Å². The SMILES string of the molecule is CCc1nc2sc([C@@H](c3ccc(C(F)(F)F)cc3)N3CCN(CCO)CC3)c(O)n2n1. The van der Waals surface area contributed by atoms with Crippen LogP contribution in [0.1, 0.15) is 34.8 Å². The van der Waals surface area contributed by atoms with E-state index in [1.54, 1.807) is 0 Å². The molecule has 1 atom stereocenters. The van der Waals surface area contributed by atoms with Crippen molar-refractivity contribution in [3.05, 3.63) is 46.1 Å². The third kappa shape index (κ3) is 4.40. The van der Waals surface area contributed by atoms with Crippen molar-refractivity contribution < 1.29 is 23.4 Å². The van der Waals surface area contributed by atoms with Gasteiger partial charge in [0.05, 0.1) is 23.1 Å². The van der Waals surface area contributed by atoms with Gasteiger partial charge in [0.15, 0.2) is 5.82 Å². The molecule has 0 radical (unpaired) electrons. The van der Waals surface area contributed by atoms with Crippen molar-refractivity contribution in [1.82, 2.24) is 24.4 Å². The standard InChI is InChI=1S/C20H24F3N5O2S/c1-2-15-24-19-28(25-15)18(30)17(31-19)16(27-9-7-26(8-10-27)11-12-29)13-3-5-14(6-4-13)20(21,22)23/h3-6,16,29-30H,2,7-12H2,1H3/t16-/m1/s1. The van der Waals surface area contributed by atoms with Crippen molar-refractivity contribution in [3.8, 4) is 5.88 Å². The zero-order chi connectivity index (χ0) is 22.2. The highest BCUT2D eigenvalue weighted by Crippen LogP contribution is 2.41. The number of benzene rings is 1. The molecule has 168 valence electrons. The van der Waals surface area contributed by atoms with Crippen LogP contribution in [0.3, 0.4) is 0 Å². The van der Waals surface area contributed by atoms with Gasteiger partial charge >= 0.3 is 6.18 Å². The first-order chi connectivity index (χ1) is 14.8. The predicted octanol–water partition coefficient (Wildman–Crippen LogP) is 2.78. The number of β-amino-alcohol motifs (C(OH)–C–C–N with tert-alkyl or cyclic N) is 1. The molecule has 3 aromatic rings. The van der Waals surface area contributed by atoms with Crippen LogP contribution in [0.5, 0.6) is 5.88 Å². The highest BCUT2D eigenvalue weighted by molar-refractivity contribution is 7.17. The molecule has 3 heterocycles. The van der Waals surface area contributed by atoms with E-state index in [0.29, 0.717) is 47.3 Å². The average Bonchev–Trinajstić information content (AvgIpc) is 3.29. The van der Waals surface area contributed by atoms with Crippen molar-refractivity contribution in [2.45, 2.75) is 25.6 Å². The maximum Gasteiger partial charge on any atom is 0.416 e. The van der Waals surface area contributed by atoms with Crippen LogP contribution in [0, 0.1) is 0 Å². The number of aryl methyl sites for hydroxylation is 1. The molecule has 0 bridgehead atoms. The summed E-state index contributed by atoms with van der Waals surface area (Å²) in [5.41, 5.74) is -0.0404. The van der Waals surface area contributed by atoms with Crippen LogP contribution in [0.15, 0.2) is 24.3 Å². The normalized spacial score (nSPS) is 17.5. The lowest BCUT2D eigenvalue weighted by atomic mass is 10.0. The third-order valence-electron chi connectivity index (χ3n) is 5.55. The molecule has 1 saturated heterocycles. The predicted molar refractivity (Wildman–Crippen MR) is 110 cm³/mol. The largest absolute Gasteiger partial charge is 0.492 e. The summed E-state index contributed by atoms with van der Waals surface area (Å²) in [6, 6.07) is 4.68.